The second kappa shape index (κ2) is 10.9. The fourth-order valence-electron chi connectivity index (χ4n) is 5.19. The number of alkyl halides is 6. The standard InChI is InChI=1S/C25H23F6N5O3S2/c1-40-11-18(37)33-21-20-16(35-36(21)9-19-32-17(10-41-19)25(29,30)31)8-23(34-22(20)38)6-2-3-13-7-14(4-5-15(13)23)39-12-24(26,27)28/h4-5,7,10H,2-3,6,8-9,11-12H2,1H3,(H,33,37)(H,34,38)/t23-/m0/s1. The summed E-state index contributed by atoms with van der Waals surface area (Å²) in [7, 11) is 0. The van der Waals surface area contributed by atoms with Gasteiger partial charge in [-0.2, -0.15) is 43.2 Å². The number of aromatic nitrogens is 3. The number of aryl methyl sites for hydroxylation is 1. The van der Waals surface area contributed by atoms with E-state index in [4.69, 9.17) is 4.74 Å². The van der Waals surface area contributed by atoms with Gasteiger partial charge in [0.2, 0.25) is 5.91 Å². The van der Waals surface area contributed by atoms with Crippen molar-refractivity contribution in [3.05, 3.63) is 56.7 Å². The summed E-state index contributed by atoms with van der Waals surface area (Å²) in [6.45, 7) is -1.64. The number of nitrogens with one attached hydrogen (secondary N) is 2. The summed E-state index contributed by atoms with van der Waals surface area (Å²) < 4.78 is 83.4. The minimum atomic E-state index is -4.62. The first-order valence-electron chi connectivity index (χ1n) is 12.3. The van der Waals surface area contributed by atoms with Crippen LogP contribution in [0.2, 0.25) is 0 Å². The third kappa shape index (κ3) is 6.17. The summed E-state index contributed by atoms with van der Waals surface area (Å²) in [4.78, 5) is 29.7. The highest BCUT2D eigenvalue weighted by atomic mass is 32.2. The summed E-state index contributed by atoms with van der Waals surface area (Å²) in [6.07, 6.45) is -5.46. The van der Waals surface area contributed by atoms with E-state index in [1.807, 2.05) is 0 Å². The fourth-order valence-corrected chi connectivity index (χ4v) is 6.31. The molecule has 3 heterocycles. The van der Waals surface area contributed by atoms with Crippen LogP contribution in [0, 0.1) is 0 Å². The predicted octanol–water partition coefficient (Wildman–Crippen LogP) is 5.17. The number of ether oxygens (including phenoxy) is 1. The molecule has 0 fully saturated rings. The molecule has 41 heavy (non-hydrogen) atoms. The van der Waals surface area contributed by atoms with E-state index in [-0.39, 0.29) is 40.9 Å². The number of anilines is 1. The van der Waals surface area contributed by atoms with Gasteiger partial charge in [-0.1, -0.05) is 6.07 Å². The number of nitrogens with zero attached hydrogens (tertiary/aromatic N) is 3. The van der Waals surface area contributed by atoms with Crippen molar-refractivity contribution < 1.29 is 40.7 Å². The molecule has 1 aliphatic heterocycles. The number of hydrogen-bond acceptors (Lipinski definition) is 7. The lowest BCUT2D eigenvalue weighted by molar-refractivity contribution is -0.153. The van der Waals surface area contributed by atoms with Crippen molar-refractivity contribution in [2.45, 2.75) is 50.1 Å². The zero-order chi connectivity index (χ0) is 29.6. The highest BCUT2D eigenvalue weighted by Crippen LogP contribution is 2.43. The lowest BCUT2D eigenvalue weighted by Crippen LogP contribution is -2.52. The largest absolute Gasteiger partial charge is 0.484 e. The maximum Gasteiger partial charge on any atom is 0.434 e. The highest BCUT2D eigenvalue weighted by Gasteiger charge is 2.45. The molecule has 0 saturated heterocycles. The molecule has 0 saturated carbocycles. The van der Waals surface area contributed by atoms with Gasteiger partial charge in [0.15, 0.2) is 12.3 Å². The Labute approximate surface area is 237 Å². The van der Waals surface area contributed by atoms with Gasteiger partial charge in [0.25, 0.3) is 5.91 Å². The third-order valence-electron chi connectivity index (χ3n) is 6.78. The van der Waals surface area contributed by atoms with Gasteiger partial charge in [-0.3, -0.25) is 9.59 Å². The molecular formula is C25H23F6N5O3S2. The van der Waals surface area contributed by atoms with Crippen LogP contribution in [0.15, 0.2) is 23.6 Å². The molecule has 2 amide bonds. The number of benzene rings is 1. The smallest absolute Gasteiger partial charge is 0.434 e. The first-order chi connectivity index (χ1) is 19.3. The first kappa shape index (κ1) is 29.2. The Bertz CT molecular complexity index is 1490. The summed E-state index contributed by atoms with van der Waals surface area (Å²) in [5.41, 5.74) is -0.0585. The third-order valence-corrected chi connectivity index (χ3v) is 8.16. The Balaban J connectivity index is 1.49. The highest BCUT2D eigenvalue weighted by molar-refractivity contribution is 7.99. The van der Waals surface area contributed by atoms with Crippen molar-refractivity contribution >= 4 is 40.7 Å². The lowest BCUT2D eigenvalue weighted by atomic mass is 9.72. The molecule has 1 aromatic carbocycles. The van der Waals surface area contributed by atoms with E-state index < -0.39 is 42.0 Å². The average molecular weight is 620 g/mol. The van der Waals surface area contributed by atoms with E-state index in [0.717, 1.165) is 27.8 Å². The first-order valence-corrected chi connectivity index (χ1v) is 14.6. The van der Waals surface area contributed by atoms with Gasteiger partial charge in [-0.15, -0.1) is 11.3 Å². The summed E-state index contributed by atoms with van der Waals surface area (Å²) in [5.74, 6) is -0.753. The number of fused-ring (bicyclic) bond motifs is 3. The second-order valence-electron chi connectivity index (χ2n) is 9.72. The van der Waals surface area contributed by atoms with Crippen LogP contribution in [0.1, 0.15) is 50.7 Å². The quantitative estimate of drug-likeness (QED) is 0.355. The van der Waals surface area contributed by atoms with Crippen LogP contribution < -0.4 is 15.4 Å². The van der Waals surface area contributed by atoms with Crippen LogP contribution in [0.5, 0.6) is 5.75 Å². The number of rotatable bonds is 7. The number of carbonyl (C=O) groups excluding carboxylic acids is 2. The van der Waals surface area contributed by atoms with Gasteiger partial charge in [-0.25, -0.2) is 9.67 Å². The van der Waals surface area contributed by atoms with Crippen molar-refractivity contribution in [2.75, 3.05) is 23.9 Å². The lowest BCUT2D eigenvalue weighted by Gasteiger charge is -2.42. The Morgan fingerprint density at radius 3 is 2.73 bits per heavy atom. The molecule has 3 aromatic rings. The number of carbonyl (C=O) groups is 2. The molecule has 220 valence electrons. The van der Waals surface area contributed by atoms with Crippen LogP contribution in [0.3, 0.4) is 0 Å². The summed E-state index contributed by atoms with van der Waals surface area (Å²) in [6, 6.07) is 4.60. The molecule has 0 bridgehead atoms. The van der Waals surface area contributed by atoms with Crippen molar-refractivity contribution in [3.8, 4) is 5.75 Å². The number of thioether (sulfide) groups is 1. The monoisotopic (exact) mass is 619 g/mol. The normalized spacial score (nSPS) is 18.6. The van der Waals surface area contributed by atoms with Gasteiger partial charge >= 0.3 is 12.4 Å². The van der Waals surface area contributed by atoms with E-state index in [0.29, 0.717) is 25.0 Å². The summed E-state index contributed by atoms with van der Waals surface area (Å²) >= 11 is 2.03. The van der Waals surface area contributed by atoms with Crippen molar-refractivity contribution in [1.29, 1.82) is 0 Å². The molecule has 1 aliphatic carbocycles. The van der Waals surface area contributed by atoms with Gasteiger partial charge in [0.05, 0.1) is 23.5 Å². The number of thiazole rings is 1. The van der Waals surface area contributed by atoms with E-state index in [9.17, 15) is 35.9 Å². The molecule has 5 rings (SSSR count). The second-order valence-corrected chi connectivity index (χ2v) is 11.5. The number of halogens is 6. The van der Waals surface area contributed by atoms with E-state index >= 15 is 0 Å². The topological polar surface area (TPSA) is 98.1 Å². The van der Waals surface area contributed by atoms with Gasteiger partial charge in [0, 0.05) is 11.8 Å². The van der Waals surface area contributed by atoms with Crippen molar-refractivity contribution in [3.63, 3.8) is 0 Å². The Morgan fingerprint density at radius 1 is 1.27 bits per heavy atom. The van der Waals surface area contributed by atoms with E-state index in [1.165, 1.54) is 28.6 Å². The molecule has 1 spiro atoms. The van der Waals surface area contributed by atoms with Crippen LogP contribution in [0.25, 0.3) is 0 Å². The zero-order valence-electron chi connectivity index (χ0n) is 21.4. The van der Waals surface area contributed by atoms with Gasteiger partial charge in [0.1, 0.15) is 22.1 Å². The van der Waals surface area contributed by atoms with Gasteiger partial charge in [-0.05, 0) is 48.8 Å². The molecule has 0 unspecified atom stereocenters. The maximum atomic E-state index is 13.6. The van der Waals surface area contributed by atoms with Crippen LogP contribution in [-0.4, -0.2) is 51.4 Å². The zero-order valence-corrected chi connectivity index (χ0v) is 23.0. The maximum absolute atomic E-state index is 13.6. The molecular weight excluding hydrogens is 596 g/mol. The van der Waals surface area contributed by atoms with E-state index in [2.05, 4.69) is 20.7 Å². The van der Waals surface area contributed by atoms with Crippen LogP contribution in [0.4, 0.5) is 32.2 Å². The van der Waals surface area contributed by atoms with Crippen LogP contribution in [-0.2, 0) is 35.9 Å². The number of amides is 2. The van der Waals surface area contributed by atoms with Crippen molar-refractivity contribution in [1.82, 2.24) is 20.1 Å². The number of hydrogen-bond donors (Lipinski definition) is 2. The minimum Gasteiger partial charge on any atom is -0.484 e. The SMILES string of the molecule is CSCC(=O)Nc1c2c(nn1Cc1nc(C(F)(F)F)cs1)C[C@]1(CCCc3cc(OCC(F)(F)F)ccc31)NC2=O. The average Bonchev–Trinajstić information content (AvgIpc) is 3.48. The molecule has 2 aromatic heterocycles. The van der Waals surface area contributed by atoms with E-state index in [1.54, 1.807) is 12.3 Å². The Morgan fingerprint density at radius 2 is 2.05 bits per heavy atom. The molecule has 16 heteroatoms. The minimum absolute atomic E-state index is 0.0575. The molecule has 1 atom stereocenters. The molecule has 0 radical (unpaired) electrons. The predicted molar refractivity (Wildman–Crippen MR) is 139 cm³/mol. The molecule has 2 aliphatic rings. The Hall–Kier alpha value is -3.27. The summed E-state index contributed by atoms with van der Waals surface area (Å²) in [5, 5.41) is 11.2. The van der Waals surface area contributed by atoms with Crippen LogP contribution >= 0.6 is 23.1 Å². The molecule has 2 N–H and O–H groups in total. The van der Waals surface area contributed by atoms with Gasteiger partial charge < -0.3 is 15.4 Å². The van der Waals surface area contributed by atoms with Crippen molar-refractivity contribution in [2.24, 2.45) is 0 Å². The molecule has 8 nitrogen and oxygen atoms in total. The fraction of sp³-hybridized carbons (Fsp3) is 0.440. The Kier molecular flexibility index (Phi) is 7.74.